The lowest BCUT2D eigenvalue weighted by Crippen LogP contribution is -2.29. The predicted molar refractivity (Wildman–Crippen MR) is 85.6 cm³/mol. The van der Waals surface area contributed by atoms with Crippen molar-refractivity contribution < 1.29 is 4.79 Å². The van der Waals surface area contributed by atoms with Crippen molar-refractivity contribution in [3.05, 3.63) is 41.2 Å². The standard InChI is InChI=1S/C16H22N4O/c1-5-12-7-9-13(10-8-12)19(4)16(21)15-14(17)11(3)18-20(15)6-2/h7-10H,5-6,17H2,1-4H3. The molecule has 0 saturated carbocycles. The Morgan fingerprint density at radius 2 is 1.90 bits per heavy atom. The number of amides is 1. The second-order valence-electron chi connectivity index (χ2n) is 5.05. The minimum absolute atomic E-state index is 0.140. The minimum atomic E-state index is -0.140. The maximum Gasteiger partial charge on any atom is 0.278 e. The van der Waals surface area contributed by atoms with Gasteiger partial charge >= 0.3 is 0 Å². The van der Waals surface area contributed by atoms with Crippen molar-refractivity contribution >= 4 is 17.3 Å². The third kappa shape index (κ3) is 2.77. The Bertz CT molecular complexity index is 643. The number of anilines is 2. The molecular weight excluding hydrogens is 264 g/mol. The molecule has 0 aliphatic carbocycles. The van der Waals surface area contributed by atoms with Crippen LogP contribution in [-0.4, -0.2) is 22.7 Å². The average molecular weight is 286 g/mol. The van der Waals surface area contributed by atoms with Crippen molar-refractivity contribution in [2.24, 2.45) is 0 Å². The summed E-state index contributed by atoms with van der Waals surface area (Å²) in [5.41, 5.74) is 9.70. The van der Waals surface area contributed by atoms with Crippen LogP contribution in [-0.2, 0) is 13.0 Å². The van der Waals surface area contributed by atoms with E-state index in [2.05, 4.69) is 12.0 Å². The third-order valence-corrected chi connectivity index (χ3v) is 3.71. The first-order valence-electron chi connectivity index (χ1n) is 7.19. The molecule has 0 saturated heterocycles. The van der Waals surface area contributed by atoms with Gasteiger partial charge in [0.2, 0.25) is 0 Å². The Balaban J connectivity index is 2.34. The zero-order valence-electron chi connectivity index (χ0n) is 13.1. The molecule has 0 unspecified atom stereocenters. The van der Waals surface area contributed by atoms with E-state index in [9.17, 15) is 4.79 Å². The highest BCUT2D eigenvalue weighted by molar-refractivity contribution is 6.08. The summed E-state index contributed by atoms with van der Waals surface area (Å²) in [5.74, 6) is -0.140. The highest BCUT2D eigenvalue weighted by Gasteiger charge is 2.23. The Labute approximate surface area is 125 Å². The van der Waals surface area contributed by atoms with Crippen LogP contribution < -0.4 is 10.6 Å². The van der Waals surface area contributed by atoms with E-state index < -0.39 is 0 Å². The number of hydrogen-bond donors (Lipinski definition) is 1. The number of nitrogens with zero attached hydrogens (tertiary/aromatic N) is 3. The molecular formula is C16H22N4O. The molecule has 2 aromatic rings. The van der Waals surface area contributed by atoms with Gasteiger partial charge in [-0.3, -0.25) is 9.48 Å². The molecule has 112 valence electrons. The van der Waals surface area contributed by atoms with Gasteiger partial charge in [-0.25, -0.2) is 0 Å². The number of benzene rings is 1. The number of carbonyl (C=O) groups excluding carboxylic acids is 1. The van der Waals surface area contributed by atoms with Crippen molar-refractivity contribution in [2.75, 3.05) is 17.7 Å². The lowest BCUT2D eigenvalue weighted by atomic mass is 10.1. The summed E-state index contributed by atoms with van der Waals surface area (Å²) in [5, 5.41) is 4.30. The summed E-state index contributed by atoms with van der Waals surface area (Å²) in [7, 11) is 1.76. The molecule has 2 rings (SSSR count). The number of aryl methyl sites for hydroxylation is 3. The lowest BCUT2D eigenvalue weighted by Gasteiger charge is -2.18. The van der Waals surface area contributed by atoms with Gasteiger partial charge in [0.1, 0.15) is 5.69 Å². The van der Waals surface area contributed by atoms with Crippen molar-refractivity contribution in [3.8, 4) is 0 Å². The first kappa shape index (κ1) is 15.1. The van der Waals surface area contributed by atoms with E-state index in [1.807, 2.05) is 38.1 Å². The molecule has 0 aliphatic heterocycles. The molecule has 0 atom stereocenters. The lowest BCUT2D eigenvalue weighted by molar-refractivity contribution is 0.0983. The molecule has 1 amide bonds. The number of hydrogen-bond acceptors (Lipinski definition) is 3. The summed E-state index contributed by atoms with van der Waals surface area (Å²) >= 11 is 0. The van der Waals surface area contributed by atoms with Gasteiger partial charge in [-0.05, 0) is 38.0 Å². The summed E-state index contributed by atoms with van der Waals surface area (Å²) in [6.45, 7) is 6.47. The van der Waals surface area contributed by atoms with Crippen LogP contribution in [0.3, 0.4) is 0 Å². The van der Waals surface area contributed by atoms with Crippen LogP contribution in [0.25, 0.3) is 0 Å². The van der Waals surface area contributed by atoms with Crippen molar-refractivity contribution in [3.63, 3.8) is 0 Å². The Morgan fingerprint density at radius 3 is 2.43 bits per heavy atom. The van der Waals surface area contributed by atoms with Gasteiger partial charge in [-0.15, -0.1) is 0 Å². The fourth-order valence-electron chi connectivity index (χ4n) is 2.28. The smallest absolute Gasteiger partial charge is 0.278 e. The highest BCUT2D eigenvalue weighted by Crippen LogP contribution is 2.22. The average Bonchev–Trinajstić information content (AvgIpc) is 2.81. The summed E-state index contributed by atoms with van der Waals surface area (Å²) in [6, 6.07) is 7.97. The number of nitrogen functional groups attached to an aromatic ring is 1. The number of rotatable bonds is 4. The molecule has 0 bridgehead atoms. The molecule has 1 heterocycles. The molecule has 0 fully saturated rings. The first-order valence-corrected chi connectivity index (χ1v) is 7.19. The normalized spacial score (nSPS) is 10.7. The Kier molecular flexibility index (Phi) is 4.31. The van der Waals surface area contributed by atoms with E-state index in [0.29, 0.717) is 23.6 Å². The second-order valence-corrected chi connectivity index (χ2v) is 5.05. The van der Waals surface area contributed by atoms with Gasteiger partial charge in [-0.2, -0.15) is 5.10 Å². The first-order chi connectivity index (χ1) is 9.99. The van der Waals surface area contributed by atoms with Crippen LogP contribution in [0, 0.1) is 6.92 Å². The van der Waals surface area contributed by atoms with Crippen LogP contribution in [0.5, 0.6) is 0 Å². The summed E-state index contributed by atoms with van der Waals surface area (Å²) in [6.07, 6.45) is 0.979. The maximum atomic E-state index is 12.7. The van der Waals surface area contributed by atoms with Crippen molar-refractivity contribution in [2.45, 2.75) is 33.7 Å². The predicted octanol–water partition coefficient (Wildman–Crippen LogP) is 2.63. The minimum Gasteiger partial charge on any atom is -0.395 e. The number of nitrogens with two attached hydrogens (primary N) is 1. The van der Waals surface area contributed by atoms with Gasteiger partial charge in [0.15, 0.2) is 0 Å². The third-order valence-electron chi connectivity index (χ3n) is 3.71. The second kappa shape index (κ2) is 5.99. The quantitative estimate of drug-likeness (QED) is 0.939. The largest absolute Gasteiger partial charge is 0.395 e. The molecule has 1 aromatic carbocycles. The molecule has 5 nitrogen and oxygen atoms in total. The topological polar surface area (TPSA) is 64.2 Å². The Hall–Kier alpha value is -2.30. The molecule has 1 aromatic heterocycles. The van der Waals surface area contributed by atoms with Crippen LogP contribution in [0.4, 0.5) is 11.4 Å². The molecule has 0 aliphatic rings. The summed E-state index contributed by atoms with van der Waals surface area (Å²) < 4.78 is 1.66. The van der Waals surface area contributed by atoms with Gasteiger partial charge < -0.3 is 10.6 Å². The van der Waals surface area contributed by atoms with Crippen LogP contribution in [0.1, 0.15) is 35.6 Å². The van der Waals surface area contributed by atoms with Crippen molar-refractivity contribution in [1.82, 2.24) is 9.78 Å². The zero-order valence-corrected chi connectivity index (χ0v) is 13.1. The van der Waals surface area contributed by atoms with Gasteiger partial charge in [0, 0.05) is 19.3 Å². The van der Waals surface area contributed by atoms with E-state index in [4.69, 9.17) is 5.73 Å². The van der Waals surface area contributed by atoms with Gasteiger partial charge in [-0.1, -0.05) is 19.1 Å². The molecule has 0 radical (unpaired) electrons. The number of aromatic nitrogens is 2. The fourth-order valence-corrected chi connectivity index (χ4v) is 2.28. The van der Waals surface area contributed by atoms with E-state index in [-0.39, 0.29) is 5.91 Å². The molecule has 5 heteroatoms. The van der Waals surface area contributed by atoms with Crippen molar-refractivity contribution in [1.29, 1.82) is 0 Å². The summed E-state index contributed by atoms with van der Waals surface area (Å²) in [4.78, 5) is 14.3. The van der Waals surface area contributed by atoms with E-state index in [1.54, 1.807) is 16.6 Å². The number of carbonyl (C=O) groups is 1. The monoisotopic (exact) mass is 286 g/mol. The molecule has 21 heavy (non-hydrogen) atoms. The molecule has 2 N–H and O–H groups in total. The maximum absolute atomic E-state index is 12.7. The van der Waals surface area contributed by atoms with Gasteiger partial charge in [0.05, 0.1) is 11.4 Å². The highest BCUT2D eigenvalue weighted by atomic mass is 16.2. The van der Waals surface area contributed by atoms with E-state index in [0.717, 1.165) is 12.1 Å². The Morgan fingerprint density at radius 1 is 1.29 bits per heavy atom. The van der Waals surface area contributed by atoms with E-state index in [1.165, 1.54) is 5.56 Å². The van der Waals surface area contributed by atoms with E-state index >= 15 is 0 Å². The fraction of sp³-hybridized carbons (Fsp3) is 0.375. The van der Waals surface area contributed by atoms with Gasteiger partial charge in [0.25, 0.3) is 5.91 Å². The zero-order chi connectivity index (χ0) is 15.6. The van der Waals surface area contributed by atoms with Crippen LogP contribution >= 0.6 is 0 Å². The SMILES string of the molecule is CCc1ccc(N(C)C(=O)c2c(N)c(C)nn2CC)cc1. The van der Waals surface area contributed by atoms with Crippen LogP contribution in [0.15, 0.2) is 24.3 Å². The molecule has 0 spiro atoms. The van der Waals surface area contributed by atoms with Crippen LogP contribution in [0.2, 0.25) is 0 Å².